The lowest BCUT2D eigenvalue weighted by molar-refractivity contribution is 0.0683. The van der Waals surface area contributed by atoms with Crippen molar-refractivity contribution < 1.29 is 5.11 Å². The van der Waals surface area contributed by atoms with Gasteiger partial charge in [-0.25, -0.2) is 0 Å². The molecule has 100 valence electrons. The first-order valence-electron chi connectivity index (χ1n) is 6.87. The molecule has 18 heavy (non-hydrogen) atoms. The molecule has 4 heteroatoms. The van der Waals surface area contributed by atoms with E-state index >= 15 is 0 Å². The van der Waals surface area contributed by atoms with Gasteiger partial charge in [-0.2, -0.15) is 0 Å². The summed E-state index contributed by atoms with van der Waals surface area (Å²) >= 11 is 0. The SMILES string of the molecule is Cc1nccnc1C(C)NCC1CCCCC1O. The van der Waals surface area contributed by atoms with Crippen molar-refractivity contribution in [1.29, 1.82) is 0 Å². The van der Waals surface area contributed by atoms with E-state index in [1.807, 2.05) is 6.92 Å². The molecule has 1 aliphatic rings. The van der Waals surface area contributed by atoms with Gasteiger partial charge < -0.3 is 10.4 Å². The molecule has 1 aromatic heterocycles. The lowest BCUT2D eigenvalue weighted by Crippen LogP contribution is -2.35. The topological polar surface area (TPSA) is 58.0 Å². The molecule has 0 aliphatic heterocycles. The molecule has 0 radical (unpaired) electrons. The van der Waals surface area contributed by atoms with Crippen molar-refractivity contribution in [2.75, 3.05) is 6.54 Å². The van der Waals surface area contributed by atoms with Gasteiger partial charge in [-0.1, -0.05) is 12.8 Å². The third-order valence-electron chi connectivity index (χ3n) is 3.88. The summed E-state index contributed by atoms with van der Waals surface area (Å²) in [7, 11) is 0. The third kappa shape index (κ3) is 3.27. The Kier molecular flexibility index (Phi) is 4.66. The summed E-state index contributed by atoms with van der Waals surface area (Å²) in [6.45, 7) is 4.94. The van der Waals surface area contributed by atoms with Crippen LogP contribution in [0, 0.1) is 12.8 Å². The molecule has 3 unspecified atom stereocenters. The van der Waals surface area contributed by atoms with Crippen LogP contribution >= 0.6 is 0 Å². The molecule has 0 aromatic carbocycles. The molecule has 2 N–H and O–H groups in total. The average molecular weight is 249 g/mol. The van der Waals surface area contributed by atoms with E-state index in [0.29, 0.717) is 5.92 Å². The van der Waals surface area contributed by atoms with Crippen molar-refractivity contribution in [3.8, 4) is 0 Å². The first-order chi connectivity index (χ1) is 8.68. The fourth-order valence-electron chi connectivity index (χ4n) is 2.69. The highest BCUT2D eigenvalue weighted by molar-refractivity contribution is 5.12. The molecule has 2 rings (SSSR count). The highest BCUT2D eigenvalue weighted by atomic mass is 16.3. The van der Waals surface area contributed by atoms with E-state index in [2.05, 4.69) is 22.2 Å². The Bertz CT molecular complexity index is 383. The van der Waals surface area contributed by atoms with E-state index in [-0.39, 0.29) is 12.1 Å². The molecule has 1 heterocycles. The number of hydrogen-bond donors (Lipinski definition) is 2. The first kappa shape index (κ1) is 13.4. The van der Waals surface area contributed by atoms with Crippen LogP contribution in [0.4, 0.5) is 0 Å². The second kappa shape index (κ2) is 6.25. The quantitative estimate of drug-likeness (QED) is 0.856. The molecule has 4 nitrogen and oxygen atoms in total. The Hall–Kier alpha value is -1.00. The van der Waals surface area contributed by atoms with Gasteiger partial charge in [-0.05, 0) is 32.6 Å². The van der Waals surface area contributed by atoms with E-state index in [4.69, 9.17) is 0 Å². The molecular formula is C14H23N3O. The van der Waals surface area contributed by atoms with Gasteiger partial charge in [0, 0.05) is 25.0 Å². The van der Waals surface area contributed by atoms with Crippen molar-refractivity contribution in [2.45, 2.75) is 51.7 Å². The maximum Gasteiger partial charge on any atom is 0.0782 e. The van der Waals surface area contributed by atoms with Crippen LogP contribution in [0.1, 0.15) is 50.0 Å². The van der Waals surface area contributed by atoms with Crippen LogP contribution in [0.15, 0.2) is 12.4 Å². The monoisotopic (exact) mass is 249 g/mol. The Morgan fingerprint density at radius 2 is 2.06 bits per heavy atom. The second-order valence-electron chi connectivity index (χ2n) is 5.27. The number of nitrogens with zero attached hydrogens (tertiary/aromatic N) is 2. The number of nitrogens with one attached hydrogen (secondary N) is 1. The van der Waals surface area contributed by atoms with Crippen LogP contribution in [0.5, 0.6) is 0 Å². The summed E-state index contributed by atoms with van der Waals surface area (Å²) in [5.41, 5.74) is 1.98. The zero-order valence-electron chi connectivity index (χ0n) is 11.3. The second-order valence-corrected chi connectivity index (χ2v) is 5.27. The van der Waals surface area contributed by atoms with Gasteiger partial charge in [0.1, 0.15) is 0 Å². The number of aromatic nitrogens is 2. The molecule has 1 saturated carbocycles. The summed E-state index contributed by atoms with van der Waals surface area (Å²) in [6, 6.07) is 0.188. The minimum atomic E-state index is -0.138. The average Bonchev–Trinajstić information content (AvgIpc) is 2.38. The van der Waals surface area contributed by atoms with E-state index in [0.717, 1.165) is 37.2 Å². The standard InChI is InChI=1S/C14H23N3O/c1-10-14(16-8-7-15-10)11(2)17-9-12-5-3-4-6-13(12)18/h7-8,11-13,17-18H,3-6,9H2,1-2H3. The van der Waals surface area contributed by atoms with Crippen molar-refractivity contribution >= 4 is 0 Å². The van der Waals surface area contributed by atoms with Crippen LogP contribution in [0.3, 0.4) is 0 Å². The van der Waals surface area contributed by atoms with Crippen LogP contribution in [-0.4, -0.2) is 27.7 Å². The van der Waals surface area contributed by atoms with Crippen molar-refractivity contribution in [3.63, 3.8) is 0 Å². The largest absolute Gasteiger partial charge is 0.393 e. The lowest BCUT2D eigenvalue weighted by Gasteiger charge is -2.29. The fraction of sp³-hybridized carbons (Fsp3) is 0.714. The maximum atomic E-state index is 9.94. The Morgan fingerprint density at radius 3 is 2.78 bits per heavy atom. The van der Waals surface area contributed by atoms with E-state index < -0.39 is 0 Å². The Balaban J connectivity index is 1.88. The van der Waals surface area contributed by atoms with Crippen LogP contribution in [0.2, 0.25) is 0 Å². The Morgan fingerprint density at radius 1 is 1.33 bits per heavy atom. The van der Waals surface area contributed by atoms with E-state index in [9.17, 15) is 5.11 Å². The van der Waals surface area contributed by atoms with Gasteiger partial charge in [0.25, 0.3) is 0 Å². The highest BCUT2D eigenvalue weighted by Gasteiger charge is 2.23. The number of aliphatic hydroxyl groups is 1. The van der Waals surface area contributed by atoms with Gasteiger partial charge in [0.15, 0.2) is 0 Å². The minimum Gasteiger partial charge on any atom is -0.393 e. The predicted octanol–water partition coefficient (Wildman–Crippen LogP) is 1.99. The summed E-state index contributed by atoms with van der Waals surface area (Å²) in [5.74, 6) is 0.387. The summed E-state index contributed by atoms with van der Waals surface area (Å²) < 4.78 is 0. The zero-order valence-corrected chi connectivity index (χ0v) is 11.3. The number of aliphatic hydroxyl groups excluding tert-OH is 1. The van der Waals surface area contributed by atoms with Crippen molar-refractivity contribution in [2.24, 2.45) is 5.92 Å². The molecule has 0 bridgehead atoms. The van der Waals surface area contributed by atoms with Gasteiger partial charge in [0.2, 0.25) is 0 Å². The van der Waals surface area contributed by atoms with Crippen LogP contribution < -0.4 is 5.32 Å². The normalized spacial score (nSPS) is 25.9. The smallest absolute Gasteiger partial charge is 0.0782 e. The lowest BCUT2D eigenvalue weighted by atomic mass is 9.86. The summed E-state index contributed by atoms with van der Waals surface area (Å²) in [4.78, 5) is 8.63. The maximum absolute atomic E-state index is 9.94. The minimum absolute atomic E-state index is 0.138. The van der Waals surface area contributed by atoms with E-state index in [1.165, 1.54) is 6.42 Å². The van der Waals surface area contributed by atoms with Gasteiger partial charge in [-0.15, -0.1) is 0 Å². The highest BCUT2D eigenvalue weighted by Crippen LogP contribution is 2.24. The molecule has 0 spiro atoms. The first-order valence-corrected chi connectivity index (χ1v) is 6.87. The zero-order chi connectivity index (χ0) is 13.0. The summed E-state index contributed by atoms with van der Waals surface area (Å²) in [5, 5.41) is 13.4. The van der Waals surface area contributed by atoms with Crippen molar-refractivity contribution in [1.82, 2.24) is 15.3 Å². The predicted molar refractivity (Wildman–Crippen MR) is 71.2 cm³/mol. The third-order valence-corrected chi connectivity index (χ3v) is 3.88. The molecule has 1 fully saturated rings. The van der Waals surface area contributed by atoms with Gasteiger partial charge >= 0.3 is 0 Å². The molecule has 0 saturated heterocycles. The van der Waals surface area contributed by atoms with E-state index in [1.54, 1.807) is 12.4 Å². The number of aryl methyl sites for hydroxylation is 1. The molecule has 3 atom stereocenters. The fourth-order valence-corrected chi connectivity index (χ4v) is 2.69. The van der Waals surface area contributed by atoms with Crippen LogP contribution in [-0.2, 0) is 0 Å². The summed E-state index contributed by atoms with van der Waals surface area (Å²) in [6.07, 6.45) is 7.79. The van der Waals surface area contributed by atoms with Gasteiger partial charge in [-0.3, -0.25) is 9.97 Å². The Labute approximate surface area is 109 Å². The molecule has 0 amide bonds. The molecule has 1 aliphatic carbocycles. The number of hydrogen-bond acceptors (Lipinski definition) is 4. The van der Waals surface area contributed by atoms with Crippen LogP contribution in [0.25, 0.3) is 0 Å². The molecule has 1 aromatic rings. The van der Waals surface area contributed by atoms with Crippen molar-refractivity contribution in [3.05, 3.63) is 23.8 Å². The number of rotatable bonds is 4. The molecular weight excluding hydrogens is 226 g/mol. The van der Waals surface area contributed by atoms with Gasteiger partial charge in [0.05, 0.1) is 17.5 Å².